The van der Waals surface area contributed by atoms with E-state index in [1.165, 1.54) is 38.5 Å². The predicted octanol–water partition coefficient (Wildman–Crippen LogP) is 4.97. The van der Waals surface area contributed by atoms with Gasteiger partial charge >= 0.3 is 0 Å². The van der Waals surface area contributed by atoms with Gasteiger partial charge in [-0.2, -0.15) is 0 Å². The molecule has 0 saturated heterocycles. The molecule has 0 bridgehead atoms. The third kappa shape index (κ3) is 5.54. The monoisotopic (exact) mass is 380 g/mol. The second-order valence-corrected chi connectivity index (χ2v) is 8.03. The Morgan fingerprint density at radius 1 is 1.11 bits per heavy atom. The first-order valence-electron chi connectivity index (χ1n) is 10.5. The lowest BCUT2D eigenvalue weighted by Crippen LogP contribution is -2.37. The summed E-state index contributed by atoms with van der Waals surface area (Å²) in [6.07, 6.45) is 7.47. The fourth-order valence-corrected chi connectivity index (χ4v) is 3.80. The van der Waals surface area contributed by atoms with E-state index in [0.29, 0.717) is 24.1 Å². The standard InChI is InChI=1S/C23H32N4O/c1-17(2)27(16-19-11-7-6-8-12-19)23(28)21-15-22(25-18(3)24-21)26-20-13-9-4-5-10-14-20/h6-8,11-12,15,17,20H,4-5,9-10,13-14,16H2,1-3H3,(H,24,25,26). The van der Waals surface area contributed by atoms with Gasteiger partial charge in [-0.05, 0) is 39.2 Å². The van der Waals surface area contributed by atoms with Crippen LogP contribution in [0.3, 0.4) is 0 Å². The van der Waals surface area contributed by atoms with E-state index in [1.807, 2.05) is 62.1 Å². The van der Waals surface area contributed by atoms with Crippen molar-refractivity contribution in [3.05, 3.63) is 53.5 Å². The van der Waals surface area contributed by atoms with Crippen molar-refractivity contribution in [3.63, 3.8) is 0 Å². The number of aromatic nitrogens is 2. The van der Waals surface area contributed by atoms with Crippen molar-refractivity contribution in [1.29, 1.82) is 0 Å². The molecular formula is C23H32N4O. The zero-order valence-electron chi connectivity index (χ0n) is 17.3. The zero-order chi connectivity index (χ0) is 19.9. The molecule has 5 nitrogen and oxygen atoms in total. The SMILES string of the molecule is Cc1nc(NC2CCCCCC2)cc(C(=O)N(Cc2ccccc2)C(C)C)n1. The van der Waals surface area contributed by atoms with Crippen molar-refractivity contribution < 1.29 is 4.79 Å². The minimum atomic E-state index is -0.0479. The largest absolute Gasteiger partial charge is 0.367 e. The second-order valence-electron chi connectivity index (χ2n) is 8.03. The molecule has 0 unspecified atom stereocenters. The molecule has 0 atom stereocenters. The minimum Gasteiger partial charge on any atom is -0.367 e. The topological polar surface area (TPSA) is 58.1 Å². The van der Waals surface area contributed by atoms with Crippen LogP contribution >= 0.6 is 0 Å². The van der Waals surface area contributed by atoms with Crippen LogP contribution in [0.15, 0.2) is 36.4 Å². The molecule has 0 radical (unpaired) electrons. The van der Waals surface area contributed by atoms with Crippen LogP contribution in [0, 0.1) is 6.92 Å². The van der Waals surface area contributed by atoms with Gasteiger partial charge in [-0.25, -0.2) is 9.97 Å². The van der Waals surface area contributed by atoms with E-state index < -0.39 is 0 Å². The third-order valence-corrected chi connectivity index (χ3v) is 5.34. The van der Waals surface area contributed by atoms with Crippen molar-refractivity contribution in [1.82, 2.24) is 14.9 Å². The quantitative estimate of drug-likeness (QED) is 0.719. The highest BCUT2D eigenvalue weighted by Gasteiger charge is 2.22. The Morgan fingerprint density at radius 3 is 2.43 bits per heavy atom. The number of carbonyl (C=O) groups is 1. The van der Waals surface area contributed by atoms with Gasteiger partial charge in [-0.3, -0.25) is 4.79 Å². The summed E-state index contributed by atoms with van der Waals surface area (Å²) in [4.78, 5) is 24.1. The summed E-state index contributed by atoms with van der Waals surface area (Å²) in [5.41, 5.74) is 1.58. The molecule has 1 amide bonds. The van der Waals surface area contributed by atoms with Gasteiger partial charge in [0, 0.05) is 24.7 Å². The van der Waals surface area contributed by atoms with Crippen LogP contribution in [0.2, 0.25) is 0 Å². The number of anilines is 1. The van der Waals surface area contributed by atoms with E-state index >= 15 is 0 Å². The average Bonchev–Trinajstić information content (AvgIpc) is 2.94. The van der Waals surface area contributed by atoms with Gasteiger partial charge in [-0.15, -0.1) is 0 Å². The molecule has 0 spiro atoms. The summed E-state index contributed by atoms with van der Waals surface area (Å²) >= 11 is 0. The Bertz CT molecular complexity index is 767. The second kappa shape index (κ2) is 9.67. The Morgan fingerprint density at radius 2 is 1.79 bits per heavy atom. The van der Waals surface area contributed by atoms with Gasteiger partial charge in [0.05, 0.1) is 0 Å². The van der Waals surface area contributed by atoms with Crippen LogP contribution in [-0.4, -0.2) is 32.9 Å². The minimum absolute atomic E-state index is 0.0479. The van der Waals surface area contributed by atoms with Crippen molar-refractivity contribution >= 4 is 11.7 Å². The maximum atomic E-state index is 13.3. The van der Waals surface area contributed by atoms with Gasteiger partial charge in [0.15, 0.2) is 0 Å². The molecule has 1 saturated carbocycles. The molecule has 28 heavy (non-hydrogen) atoms. The summed E-state index contributed by atoms with van der Waals surface area (Å²) in [6.45, 7) is 6.51. The van der Waals surface area contributed by atoms with Gasteiger partial charge in [0.25, 0.3) is 5.91 Å². The molecule has 1 aromatic carbocycles. The maximum absolute atomic E-state index is 13.3. The van der Waals surface area contributed by atoms with Crippen LogP contribution in [0.5, 0.6) is 0 Å². The Balaban J connectivity index is 1.78. The summed E-state index contributed by atoms with van der Waals surface area (Å²) < 4.78 is 0. The molecule has 1 fully saturated rings. The lowest BCUT2D eigenvalue weighted by atomic mass is 10.1. The third-order valence-electron chi connectivity index (χ3n) is 5.34. The fourth-order valence-electron chi connectivity index (χ4n) is 3.80. The van der Waals surface area contributed by atoms with Gasteiger partial charge in [0.1, 0.15) is 17.3 Å². The van der Waals surface area contributed by atoms with Crippen molar-refractivity contribution in [2.24, 2.45) is 0 Å². The van der Waals surface area contributed by atoms with Crippen LogP contribution < -0.4 is 5.32 Å². The highest BCUT2D eigenvalue weighted by atomic mass is 16.2. The lowest BCUT2D eigenvalue weighted by Gasteiger charge is -2.27. The molecule has 1 aliphatic rings. The van der Waals surface area contributed by atoms with Crippen LogP contribution in [0.4, 0.5) is 5.82 Å². The van der Waals surface area contributed by atoms with Crippen molar-refractivity contribution in [3.8, 4) is 0 Å². The van der Waals surface area contributed by atoms with E-state index in [-0.39, 0.29) is 11.9 Å². The molecule has 1 heterocycles. The van der Waals surface area contributed by atoms with Gasteiger partial charge in [-0.1, -0.05) is 56.0 Å². The molecule has 1 aliphatic carbocycles. The summed E-state index contributed by atoms with van der Waals surface area (Å²) in [7, 11) is 0. The van der Waals surface area contributed by atoms with Crippen LogP contribution in [0.25, 0.3) is 0 Å². The zero-order valence-corrected chi connectivity index (χ0v) is 17.3. The number of carbonyl (C=O) groups excluding carboxylic acids is 1. The predicted molar refractivity (Wildman–Crippen MR) is 113 cm³/mol. The Hall–Kier alpha value is -2.43. The molecule has 0 aliphatic heterocycles. The summed E-state index contributed by atoms with van der Waals surface area (Å²) in [5, 5.41) is 3.55. The molecular weight excluding hydrogens is 348 g/mol. The first kappa shape index (κ1) is 20.3. The lowest BCUT2D eigenvalue weighted by molar-refractivity contribution is 0.0684. The van der Waals surface area contributed by atoms with E-state index in [2.05, 4.69) is 15.3 Å². The highest BCUT2D eigenvalue weighted by molar-refractivity contribution is 5.93. The molecule has 2 aromatic rings. The fraction of sp³-hybridized carbons (Fsp3) is 0.522. The number of amides is 1. The molecule has 3 rings (SSSR count). The number of benzene rings is 1. The summed E-state index contributed by atoms with van der Waals surface area (Å²) in [6, 6.07) is 12.4. The molecule has 1 N–H and O–H groups in total. The highest BCUT2D eigenvalue weighted by Crippen LogP contribution is 2.21. The number of nitrogens with one attached hydrogen (secondary N) is 1. The Kier molecular flexibility index (Phi) is 7.01. The number of hydrogen-bond acceptors (Lipinski definition) is 4. The van der Waals surface area contributed by atoms with Crippen LogP contribution in [0.1, 0.15) is 74.2 Å². The smallest absolute Gasteiger partial charge is 0.273 e. The number of hydrogen-bond donors (Lipinski definition) is 1. The van der Waals surface area contributed by atoms with Gasteiger partial charge < -0.3 is 10.2 Å². The van der Waals surface area contributed by atoms with E-state index in [9.17, 15) is 4.79 Å². The normalized spacial score (nSPS) is 15.3. The van der Waals surface area contributed by atoms with E-state index in [1.54, 1.807) is 0 Å². The van der Waals surface area contributed by atoms with E-state index in [4.69, 9.17) is 0 Å². The number of nitrogens with zero attached hydrogens (tertiary/aromatic N) is 3. The number of rotatable bonds is 6. The van der Waals surface area contributed by atoms with Crippen LogP contribution in [-0.2, 0) is 6.54 Å². The molecule has 150 valence electrons. The van der Waals surface area contributed by atoms with E-state index in [0.717, 1.165) is 11.4 Å². The Labute approximate surface area is 168 Å². The average molecular weight is 381 g/mol. The summed E-state index contributed by atoms with van der Waals surface area (Å²) in [5.74, 6) is 1.35. The first-order valence-corrected chi connectivity index (χ1v) is 10.5. The van der Waals surface area contributed by atoms with Crippen molar-refractivity contribution in [2.45, 2.75) is 77.9 Å². The maximum Gasteiger partial charge on any atom is 0.273 e. The molecule has 1 aromatic heterocycles. The first-order chi connectivity index (χ1) is 13.5. The van der Waals surface area contributed by atoms with Gasteiger partial charge in [0.2, 0.25) is 0 Å². The number of aryl methyl sites for hydroxylation is 1. The molecule has 5 heteroatoms. The van der Waals surface area contributed by atoms with Crippen molar-refractivity contribution in [2.75, 3.05) is 5.32 Å².